The van der Waals surface area contributed by atoms with Crippen molar-refractivity contribution in [1.82, 2.24) is 4.98 Å². The second-order valence-electron chi connectivity index (χ2n) is 3.56. The molecule has 86 valence electrons. The second-order valence-corrected chi connectivity index (χ2v) is 4.62. The summed E-state index contributed by atoms with van der Waals surface area (Å²) in [7, 11) is 3.70. The van der Waals surface area contributed by atoms with Gasteiger partial charge in [0.15, 0.2) is 5.13 Å². The van der Waals surface area contributed by atoms with Crippen molar-refractivity contribution in [3.63, 3.8) is 0 Å². The Balaban J connectivity index is 2.62. The van der Waals surface area contributed by atoms with Gasteiger partial charge in [0, 0.05) is 25.3 Å². The summed E-state index contributed by atoms with van der Waals surface area (Å²) in [6.07, 6.45) is 0. The Morgan fingerprint density at radius 1 is 1.50 bits per heavy atom. The van der Waals surface area contributed by atoms with Crippen LogP contribution in [0.5, 0.6) is 5.75 Å². The molecular weight excluding hydrogens is 222 g/mol. The highest BCUT2D eigenvalue weighted by molar-refractivity contribution is 7.22. The summed E-state index contributed by atoms with van der Waals surface area (Å²) in [5, 5.41) is 0.574. The summed E-state index contributed by atoms with van der Waals surface area (Å²) in [5.41, 5.74) is 7.68. The molecule has 0 atom stereocenters. The maximum absolute atomic E-state index is 5.71. The number of benzene rings is 1. The highest BCUT2D eigenvalue weighted by Gasteiger charge is 2.11. The molecule has 2 rings (SSSR count). The average Bonchev–Trinajstić information content (AvgIpc) is 2.66. The quantitative estimate of drug-likeness (QED) is 0.890. The van der Waals surface area contributed by atoms with Crippen LogP contribution < -0.4 is 15.4 Å². The third-order valence-corrected chi connectivity index (χ3v) is 3.43. The van der Waals surface area contributed by atoms with Gasteiger partial charge in [-0.25, -0.2) is 4.98 Å². The molecule has 1 heterocycles. The Hall–Kier alpha value is -1.49. The van der Waals surface area contributed by atoms with E-state index in [2.05, 4.69) is 22.9 Å². The van der Waals surface area contributed by atoms with E-state index in [9.17, 15) is 0 Å². The second kappa shape index (κ2) is 4.17. The lowest BCUT2D eigenvalue weighted by Crippen LogP contribution is -2.15. The lowest BCUT2D eigenvalue weighted by Gasteiger charge is -2.17. The molecule has 0 saturated heterocycles. The predicted octanol–water partition coefficient (Wildman–Crippen LogP) is 2.34. The number of hydrogen-bond donors (Lipinski definition) is 1. The molecule has 0 aliphatic rings. The standard InChI is InChI=1S/C11H15N3OS/c1-4-14(2)7-5-8(15-3)10-9(6-7)16-11(12)13-10/h5-6H,4H2,1-3H3,(H2,12,13). The van der Waals surface area contributed by atoms with Crippen LogP contribution in [0.1, 0.15) is 6.92 Å². The average molecular weight is 237 g/mol. The third kappa shape index (κ3) is 1.78. The largest absolute Gasteiger partial charge is 0.494 e. The van der Waals surface area contributed by atoms with Crippen LogP contribution in [-0.4, -0.2) is 25.7 Å². The van der Waals surface area contributed by atoms with Gasteiger partial charge in [0.05, 0.1) is 11.8 Å². The van der Waals surface area contributed by atoms with Crippen LogP contribution >= 0.6 is 11.3 Å². The molecule has 2 aromatic rings. The first-order chi connectivity index (χ1) is 7.65. The van der Waals surface area contributed by atoms with E-state index in [1.165, 1.54) is 11.3 Å². The van der Waals surface area contributed by atoms with Crippen LogP contribution in [0.3, 0.4) is 0 Å². The molecule has 1 aromatic heterocycles. The minimum Gasteiger partial charge on any atom is -0.494 e. The number of anilines is 2. The lowest BCUT2D eigenvalue weighted by atomic mass is 10.2. The van der Waals surface area contributed by atoms with E-state index in [1.807, 2.05) is 13.1 Å². The fourth-order valence-corrected chi connectivity index (χ4v) is 2.35. The summed E-state index contributed by atoms with van der Waals surface area (Å²) in [6, 6.07) is 4.08. The molecule has 2 N–H and O–H groups in total. The number of hydrogen-bond acceptors (Lipinski definition) is 5. The number of aromatic nitrogens is 1. The SMILES string of the molecule is CCN(C)c1cc(OC)c2nc(N)sc2c1. The Morgan fingerprint density at radius 2 is 2.25 bits per heavy atom. The van der Waals surface area contributed by atoms with Gasteiger partial charge in [-0.05, 0) is 13.0 Å². The highest BCUT2D eigenvalue weighted by Crippen LogP contribution is 2.35. The molecule has 5 heteroatoms. The normalized spacial score (nSPS) is 10.7. The van der Waals surface area contributed by atoms with E-state index in [0.717, 1.165) is 28.2 Å². The van der Waals surface area contributed by atoms with Gasteiger partial charge in [-0.3, -0.25) is 0 Å². The first-order valence-electron chi connectivity index (χ1n) is 5.11. The van der Waals surface area contributed by atoms with E-state index in [4.69, 9.17) is 10.5 Å². The van der Waals surface area contributed by atoms with Crippen LogP contribution in [0.2, 0.25) is 0 Å². The van der Waals surface area contributed by atoms with Crippen LogP contribution in [0.15, 0.2) is 12.1 Å². The zero-order valence-electron chi connectivity index (χ0n) is 9.65. The molecule has 1 aromatic carbocycles. The third-order valence-electron chi connectivity index (χ3n) is 2.60. The molecule has 16 heavy (non-hydrogen) atoms. The van der Waals surface area contributed by atoms with Gasteiger partial charge in [-0.1, -0.05) is 11.3 Å². The molecule has 0 fully saturated rings. The minimum absolute atomic E-state index is 0.574. The Kier molecular flexibility index (Phi) is 2.87. The fourth-order valence-electron chi connectivity index (χ4n) is 1.56. The summed E-state index contributed by atoms with van der Waals surface area (Å²) < 4.78 is 6.40. The van der Waals surface area contributed by atoms with Crippen molar-refractivity contribution < 1.29 is 4.74 Å². The Bertz CT molecular complexity index is 509. The van der Waals surface area contributed by atoms with Gasteiger partial charge in [0.1, 0.15) is 11.3 Å². The zero-order valence-corrected chi connectivity index (χ0v) is 10.5. The number of rotatable bonds is 3. The maximum atomic E-state index is 5.71. The van der Waals surface area contributed by atoms with Crippen LogP contribution in [0, 0.1) is 0 Å². The fraction of sp³-hybridized carbons (Fsp3) is 0.364. The van der Waals surface area contributed by atoms with Crippen molar-refractivity contribution in [2.45, 2.75) is 6.92 Å². The molecule has 0 saturated carbocycles. The summed E-state index contributed by atoms with van der Waals surface area (Å²) >= 11 is 1.48. The van der Waals surface area contributed by atoms with E-state index >= 15 is 0 Å². The monoisotopic (exact) mass is 237 g/mol. The van der Waals surface area contributed by atoms with Crippen molar-refractivity contribution in [3.05, 3.63) is 12.1 Å². The topological polar surface area (TPSA) is 51.4 Å². The molecule has 0 amide bonds. The van der Waals surface area contributed by atoms with Crippen molar-refractivity contribution in [2.75, 3.05) is 31.3 Å². The van der Waals surface area contributed by atoms with E-state index in [1.54, 1.807) is 7.11 Å². The molecule has 0 radical (unpaired) electrons. The summed E-state index contributed by atoms with van der Waals surface area (Å²) in [6.45, 7) is 3.06. The molecule has 4 nitrogen and oxygen atoms in total. The van der Waals surface area contributed by atoms with Gasteiger partial charge in [-0.15, -0.1) is 0 Å². The van der Waals surface area contributed by atoms with Crippen molar-refractivity contribution >= 4 is 32.4 Å². The van der Waals surface area contributed by atoms with Gasteiger partial charge in [0.25, 0.3) is 0 Å². The number of nitrogens with two attached hydrogens (primary N) is 1. The summed E-state index contributed by atoms with van der Waals surface area (Å²) in [4.78, 5) is 6.41. The van der Waals surface area contributed by atoms with Gasteiger partial charge in [0.2, 0.25) is 0 Å². The highest BCUT2D eigenvalue weighted by atomic mass is 32.1. The minimum atomic E-state index is 0.574. The van der Waals surface area contributed by atoms with E-state index < -0.39 is 0 Å². The molecule has 0 aliphatic heterocycles. The smallest absolute Gasteiger partial charge is 0.181 e. The molecule has 0 aliphatic carbocycles. The number of methoxy groups -OCH3 is 1. The number of nitrogens with zero attached hydrogens (tertiary/aromatic N) is 2. The lowest BCUT2D eigenvalue weighted by molar-refractivity contribution is 0.419. The van der Waals surface area contributed by atoms with E-state index in [-0.39, 0.29) is 0 Å². The zero-order chi connectivity index (χ0) is 11.7. The molecule has 0 bridgehead atoms. The molecular formula is C11H15N3OS. The molecule has 0 unspecified atom stereocenters. The van der Waals surface area contributed by atoms with Crippen molar-refractivity contribution in [3.8, 4) is 5.75 Å². The van der Waals surface area contributed by atoms with Gasteiger partial charge in [-0.2, -0.15) is 0 Å². The van der Waals surface area contributed by atoms with Crippen molar-refractivity contribution in [1.29, 1.82) is 0 Å². The summed E-state index contributed by atoms with van der Waals surface area (Å²) in [5.74, 6) is 0.778. The first-order valence-corrected chi connectivity index (χ1v) is 5.92. The van der Waals surface area contributed by atoms with Gasteiger partial charge >= 0.3 is 0 Å². The number of fused-ring (bicyclic) bond motifs is 1. The van der Waals surface area contributed by atoms with Crippen LogP contribution in [0.25, 0.3) is 10.2 Å². The van der Waals surface area contributed by atoms with Crippen LogP contribution in [0.4, 0.5) is 10.8 Å². The van der Waals surface area contributed by atoms with Gasteiger partial charge < -0.3 is 15.4 Å². The molecule has 0 spiro atoms. The number of ether oxygens (including phenoxy) is 1. The van der Waals surface area contributed by atoms with Crippen molar-refractivity contribution in [2.24, 2.45) is 0 Å². The Labute approximate surface area is 98.6 Å². The maximum Gasteiger partial charge on any atom is 0.181 e. The first kappa shape index (κ1) is 11.0. The Morgan fingerprint density at radius 3 is 2.88 bits per heavy atom. The number of thiazole rings is 1. The van der Waals surface area contributed by atoms with Crippen LogP contribution in [-0.2, 0) is 0 Å². The van der Waals surface area contributed by atoms with E-state index in [0.29, 0.717) is 5.13 Å². The number of nitrogen functional groups attached to an aromatic ring is 1. The predicted molar refractivity (Wildman–Crippen MR) is 69.5 cm³/mol.